The molecule has 0 spiro atoms. The van der Waals surface area contributed by atoms with Gasteiger partial charge in [0.05, 0.1) is 24.0 Å². The average molecular weight is 445 g/mol. The molecule has 4 unspecified atom stereocenters. The maximum absolute atomic E-state index is 13.0. The molecule has 2 heterocycles. The maximum atomic E-state index is 13.0. The topological polar surface area (TPSA) is 78.4 Å². The second-order valence-electron chi connectivity index (χ2n) is 8.88. The van der Waals surface area contributed by atoms with Gasteiger partial charge in [-0.2, -0.15) is 0 Å². The summed E-state index contributed by atoms with van der Waals surface area (Å²) in [4.78, 5) is 23.1. The first-order chi connectivity index (χ1) is 16.0. The van der Waals surface area contributed by atoms with Crippen molar-refractivity contribution in [1.29, 1.82) is 0 Å². The van der Waals surface area contributed by atoms with Crippen molar-refractivity contribution in [2.24, 2.45) is 0 Å². The lowest BCUT2D eigenvalue weighted by Crippen LogP contribution is -2.46. The number of rotatable bonds is 7. The molecule has 172 valence electrons. The van der Waals surface area contributed by atoms with Gasteiger partial charge < -0.3 is 15.3 Å². The van der Waals surface area contributed by atoms with Crippen LogP contribution in [0.4, 0.5) is 0 Å². The van der Waals surface area contributed by atoms with E-state index in [4.69, 9.17) is 0 Å². The second kappa shape index (κ2) is 10.7. The largest absolute Gasteiger partial charge is 0.387 e. The van der Waals surface area contributed by atoms with E-state index < -0.39 is 6.10 Å². The number of nitrogens with one attached hydrogen (secondary N) is 1. The molecule has 2 N–H and O–H groups in total. The van der Waals surface area contributed by atoms with E-state index in [1.807, 2.05) is 61.5 Å². The molecule has 1 amide bonds. The SMILES string of the molecule is CC(c1cnccn1)N(C)C(=O)c1ccc(CC2CCCC(C(O)c3ccccc3)N2)cc1. The van der Waals surface area contributed by atoms with Crippen LogP contribution in [0.1, 0.15) is 65.5 Å². The van der Waals surface area contributed by atoms with Crippen molar-refractivity contribution in [3.63, 3.8) is 0 Å². The minimum absolute atomic E-state index is 0.0402. The number of carbonyl (C=O) groups excluding carboxylic acids is 1. The van der Waals surface area contributed by atoms with Gasteiger partial charge in [-0.3, -0.25) is 14.8 Å². The van der Waals surface area contributed by atoms with Crippen molar-refractivity contribution < 1.29 is 9.90 Å². The van der Waals surface area contributed by atoms with E-state index in [1.165, 1.54) is 5.56 Å². The smallest absolute Gasteiger partial charge is 0.254 e. The fourth-order valence-corrected chi connectivity index (χ4v) is 4.52. The number of aliphatic hydroxyl groups is 1. The summed E-state index contributed by atoms with van der Waals surface area (Å²) in [6.07, 6.45) is 8.47. The summed E-state index contributed by atoms with van der Waals surface area (Å²) in [5.74, 6) is -0.0402. The van der Waals surface area contributed by atoms with Crippen LogP contribution >= 0.6 is 0 Å². The van der Waals surface area contributed by atoms with E-state index in [0.29, 0.717) is 11.6 Å². The number of hydrogen-bond acceptors (Lipinski definition) is 5. The maximum Gasteiger partial charge on any atom is 0.254 e. The van der Waals surface area contributed by atoms with E-state index in [0.717, 1.165) is 36.9 Å². The third-order valence-electron chi connectivity index (χ3n) is 6.64. The highest BCUT2D eigenvalue weighted by molar-refractivity contribution is 5.94. The van der Waals surface area contributed by atoms with Crippen LogP contribution in [0.5, 0.6) is 0 Å². The van der Waals surface area contributed by atoms with E-state index in [1.54, 1.807) is 30.5 Å². The quantitative estimate of drug-likeness (QED) is 0.574. The molecule has 6 heteroatoms. The van der Waals surface area contributed by atoms with Crippen molar-refractivity contribution in [3.8, 4) is 0 Å². The van der Waals surface area contributed by atoms with Crippen LogP contribution in [-0.4, -0.2) is 45.0 Å². The first-order valence-electron chi connectivity index (χ1n) is 11.6. The summed E-state index contributed by atoms with van der Waals surface area (Å²) in [5, 5.41) is 14.4. The Morgan fingerprint density at radius 1 is 1.12 bits per heavy atom. The van der Waals surface area contributed by atoms with Crippen LogP contribution in [-0.2, 0) is 6.42 Å². The number of aliphatic hydroxyl groups excluding tert-OH is 1. The van der Waals surface area contributed by atoms with Crippen molar-refractivity contribution >= 4 is 5.91 Å². The fourth-order valence-electron chi connectivity index (χ4n) is 4.52. The molecule has 33 heavy (non-hydrogen) atoms. The Hall–Kier alpha value is -3.09. The van der Waals surface area contributed by atoms with Crippen molar-refractivity contribution in [2.45, 2.75) is 56.8 Å². The Kier molecular flexibility index (Phi) is 7.47. The number of piperidine rings is 1. The molecule has 1 aliphatic rings. The number of nitrogens with zero attached hydrogens (tertiary/aromatic N) is 3. The Labute approximate surface area is 195 Å². The number of hydrogen-bond donors (Lipinski definition) is 2. The van der Waals surface area contributed by atoms with Gasteiger partial charge >= 0.3 is 0 Å². The molecule has 1 fully saturated rings. The van der Waals surface area contributed by atoms with E-state index in [9.17, 15) is 9.90 Å². The first kappa shape index (κ1) is 23.1. The van der Waals surface area contributed by atoms with Gasteiger partial charge in [0, 0.05) is 37.1 Å². The standard InChI is InChI=1S/C27H32N4O2/c1-19(25-18-28-15-16-29-25)31(2)27(33)22-13-11-20(12-14-22)17-23-9-6-10-24(30-23)26(32)21-7-4-3-5-8-21/h3-5,7-8,11-16,18-19,23-24,26,30,32H,6,9-10,17H2,1-2H3. The lowest BCUT2D eigenvalue weighted by Gasteiger charge is -2.34. The summed E-state index contributed by atoms with van der Waals surface area (Å²) in [5.41, 5.74) is 3.56. The van der Waals surface area contributed by atoms with Crippen molar-refractivity contribution in [1.82, 2.24) is 20.2 Å². The van der Waals surface area contributed by atoms with Crippen molar-refractivity contribution in [3.05, 3.63) is 95.6 Å². The molecule has 1 aliphatic heterocycles. The Bertz CT molecular complexity index is 1030. The van der Waals surface area contributed by atoms with E-state index in [-0.39, 0.29) is 18.0 Å². The zero-order chi connectivity index (χ0) is 23.2. The highest BCUT2D eigenvalue weighted by Gasteiger charge is 2.27. The normalized spacial score (nSPS) is 20.1. The molecular weight excluding hydrogens is 412 g/mol. The zero-order valence-electron chi connectivity index (χ0n) is 19.3. The van der Waals surface area contributed by atoms with Crippen LogP contribution in [0.2, 0.25) is 0 Å². The minimum Gasteiger partial charge on any atom is -0.387 e. The molecule has 4 rings (SSSR count). The van der Waals surface area contributed by atoms with Crippen LogP contribution in [0.3, 0.4) is 0 Å². The van der Waals surface area contributed by atoms with E-state index in [2.05, 4.69) is 15.3 Å². The summed E-state index contributed by atoms with van der Waals surface area (Å²) in [6, 6.07) is 17.9. The lowest BCUT2D eigenvalue weighted by molar-refractivity contribution is 0.0739. The molecule has 1 saturated heterocycles. The summed E-state index contributed by atoms with van der Waals surface area (Å²) < 4.78 is 0. The van der Waals surface area contributed by atoms with Crippen LogP contribution in [0.15, 0.2) is 73.2 Å². The fraction of sp³-hybridized carbons (Fsp3) is 0.370. The number of aromatic nitrogens is 2. The molecule has 4 atom stereocenters. The summed E-state index contributed by atoms with van der Waals surface area (Å²) in [7, 11) is 1.79. The molecule has 6 nitrogen and oxygen atoms in total. The van der Waals surface area contributed by atoms with Crippen LogP contribution in [0.25, 0.3) is 0 Å². The van der Waals surface area contributed by atoms with Gasteiger partial charge in [-0.1, -0.05) is 48.9 Å². The Balaban J connectivity index is 1.35. The molecule has 0 aliphatic carbocycles. The average Bonchev–Trinajstić information content (AvgIpc) is 2.88. The highest BCUT2D eigenvalue weighted by atomic mass is 16.3. The highest BCUT2D eigenvalue weighted by Crippen LogP contribution is 2.26. The number of carbonyl (C=O) groups is 1. The molecule has 0 saturated carbocycles. The molecule has 3 aromatic rings. The molecule has 1 aromatic heterocycles. The Morgan fingerprint density at radius 3 is 2.58 bits per heavy atom. The molecule has 0 radical (unpaired) electrons. The minimum atomic E-state index is -0.499. The van der Waals surface area contributed by atoms with Gasteiger partial charge in [0.25, 0.3) is 5.91 Å². The summed E-state index contributed by atoms with van der Waals surface area (Å²) in [6.45, 7) is 1.95. The summed E-state index contributed by atoms with van der Waals surface area (Å²) >= 11 is 0. The second-order valence-corrected chi connectivity index (χ2v) is 8.88. The van der Waals surface area contributed by atoms with Gasteiger partial charge in [0.15, 0.2) is 0 Å². The number of amides is 1. The third kappa shape index (κ3) is 5.64. The zero-order valence-corrected chi connectivity index (χ0v) is 19.3. The van der Waals surface area contributed by atoms with Crippen LogP contribution in [0, 0.1) is 0 Å². The van der Waals surface area contributed by atoms with Crippen LogP contribution < -0.4 is 5.32 Å². The number of benzene rings is 2. The third-order valence-corrected chi connectivity index (χ3v) is 6.64. The predicted octanol–water partition coefficient (Wildman–Crippen LogP) is 4.10. The van der Waals surface area contributed by atoms with Gasteiger partial charge in [-0.05, 0) is 49.4 Å². The molecule has 2 aromatic carbocycles. The monoisotopic (exact) mass is 444 g/mol. The van der Waals surface area contributed by atoms with Gasteiger partial charge in [0.1, 0.15) is 0 Å². The van der Waals surface area contributed by atoms with E-state index >= 15 is 0 Å². The lowest BCUT2D eigenvalue weighted by atomic mass is 9.89. The van der Waals surface area contributed by atoms with Crippen molar-refractivity contribution in [2.75, 3.05) is 7.05 Å². The van der Waals surface area contributed by atoms with Gasteiger partial charge in [-0.25, -0.2) is 0 Å². The van der Waals surface area contributed by atoms with Gasteiger partial charge in [-0.15, -0.1) is 0 Å². The van der Waals surface area contributed by atoms with Gasteiger partial charge in [0.2, 0.25) is 0 Å². The first-order valence-corrected chi connectivity index (χ1v) is 11.6. The predicted molar refractivity (Wildman–Crippen MR) is 129 cm³/mol. The molecule has 0 bridgehead atoms. The Morgan fingerprint density at radius 2 is 1.88 bits per heavy atom. The molecular formula is C27H32N4O2.